The number of hydrogen-bond acceptors (Lipinski definition) is 3. The summed E-state index contributed by atoms with van der Waals surface area (Å²) in [7, 11) is 0. The fourth-order valence-electron chi connectivity index (χ4n) is 2.68. The monoisotopic (exact) mass is 369 g/mol. The van der Waals surface area contributed by atoms with Crippen LogP contribution in [-0.4, -0.2) is 52.9 Å². The van der Waals surface area contributed by atoms with Crippen molar-refractivity contribution in [3.63, 3.8) is 0 Å². The maximum absolute atomic E-state index is 12.5. The predicted molar refractivity (Wildman–Crippen MR) is 92.5 cm³/mol. The first-order valence-corrected chi connectivity index (χ1v) is 8.32. The number of thiocarbonyl (C=S) groups is 1. The Bertz CT molecular complexity index is 529. The van der Waals surface area contributed by atoms with E-state index in [2.05, 4.69) is 27.8 Å². The van der Waals surface area contributed by atoms with Crippen LogP contribution in [0.25, 0.3) is 0 Å². The van der Waals surface area contributed by atoms with E-state index >= 15 is 0 Å². The summed E-state index contributed by atoms with van der Waals surface area (Å²) in [6, 6.07) is 7.67. The van der Waals surface area contributed by atoms with Crippen LogP contribution < -0.4 is 5.73 Å². The van der Waals surface area contributed by atoms with E-state index in [4.69, 9.17) is 18.0 Å². The molecule has 6 heteroatoms. The van der Waals surface area contributed by atoms with E-state index in [-0.39, 0.29) is 11.9 Å². The summed E-state index contributed by atoms with van der Waals surface area (Å²) in [5.41, 5.74) is 6.50. The average Bonchev–Trinajstić information content (AvgIpc) is 2.48. The second-order valence-corrected chi connectivity index (χ2v) is 6.46. The molecule has 1 fully saturated rings. The number of hydrogen-bond donors (Lipinski definition) is 1. The fraction of sp³-hybridized carbons (Fsp3) is 0.467. The van der Waals surface area contributed by atoms with Gasteiger partial charge in [0.15, 0.2) is 0 Å². The Labute approximate surface area is 139 Å². The van der Waals surface area contributed by atoms with Crippen molar-refractivity contribution in [3.8, 4) is 0 Å². The van der Waals surface area contributed by atoms with E-state index in [0.717, 1.165) is 24.0 Å². The van der Waals surface area contributed by atoms with Crippen molar-refractivity contribution in [1.29, 1.82) is 0 Å². The van der Waals surface area contributed by atoms with Crippen LogP contribution in [0.5, 0.6) is 0 Å². The summed E-state index contributed by atoms with van der Waals surface area (Å²) in [5, 5.41) is 0. The van der Waals surface area contributed by atoms with Crippen molar-refractivity contribution >= 4 is 39.0 Å². The number of nitrogens with two attached hydrogens (primary N) is 1. The molecular formula is C15H20BrN3OS. The number of halogens is 1. The predicted octanol–water partition coefficient (Wildman–Crippen LogP) is 2.27. The maximum Gasteiger partial charge on any atom is 0.255 e. The van der Waals surface area contributed by atoms with Crippen molar-refractivity contribution < 1.29 is 4.79 Å². The smallest absolute Gasteiger partial charge is 0.255 e. The van der Waals surface area contributed by atoms with Crippen LogP contribution in [0, 0.1) is 0 Å². The molecule has 1 aliphatic heterocycles. The van der Waals surface area contributed by atoms with E-state index < -0.39 is 0 Å². The Kier molecular flexibility index (Phi) is 5.72. The number of carbonyl (C=O) groups is 1. The van der Waals surface area contributed by atoms with Crippen molar-refractivity contribution in [2.45, 2.75) is 19.4 Å². The van der Waals surface area contributed by atoms with Gasteiger partial charge >= 0.3 is 0 Å². The van der Waals surface area contributed by atoms with Crippen LogP contribution >= 0.6 is 28.1 Å². The minimum atomic E-state index is 0.0745. The van der Waals surface area contributed by atoms with Crippen molar-refractivity contribution in [3.05, 3.63) is 34.3 Å². The normalized spacial score (nSPS) is 17.5. The van der Waals surface area contributed by atoms with Crippen LogP contribution in [0.4, 0.5) is 0 Å². The number of carbonyl (C=O) groups excluding carboxylic acids is 1. The summed E-state index contributed by atoms with van der Waals surface area (Å²) in [6.07, 6.45) is 0.910. The van der Waals surface area contributed by atoms with Gasteiger partial charge in [-0.3, -0.25) is 9.69 Å². The summed E-state index contributed by atoms with van der Waals surface area (Å²) in [6.45, 7) is 5.12. The molecule has 1 atom stereocenters. The second kappa shape index (κ2) is 7.33. The molecule has 1 aromatic rings. The van der Waals surface area contributed by atoms with Gasteiger partial charge in [0.05, 0.1) is 16.6 Å². The van der Waals surface area contributed by atoms with E-state index in [0.29, 0.717) is 23.6 Å². The third kappa shape index (κ3) is 3.81. The van der Waals surface area contributed by atoms with E-state index in [1.165, 1.54) is 0 Å². The molecule has 0 saturated carbocycles. The van der Waals surface area contributed by atoms with Gasteiger partial charge in [-0.2, -0.15) is 0 Å². The topological polar surface area (TPSA) is 49.6 Å². The molecule has 0 aliphatic carbocycles. The summed E-state index contributed by atoms with van der Waals surface area (Å²) in [5.74, 6) is 0.0745. The zero-order valence-electron chi connectivity index (χ0n) is 12.1. The van der Waals surface area contributed by atoms with E-state index in [1.807, 2.05) is 29.2 Å². The van der Waals surface area contributed by atoms with Crippen molar-refractivity contribution in [2.75, 3.05) is 26.2 Å². The Morgan fingerprint density at radius 3 is 2.48 bits per heavy atom. The summed E-state index contributed by atoms with van der Waals surface area (Å²) < 4.78 is 0.840. The van der Waals surface area contributed by atoms with Gasteiger partial charge in [-0.25, -0.2) is 0 Å². The molecule has 1 unspecified atom stereocenters. The molecule has 1 aromatic carbocycles. The number of nitrogens with zero attached hydrogens (tertiary/aromatic N) is 2. The van der Waals surface area contributed by atoms with Gasteiger partial charge in [-0.05, 0) is 34.5 Å². The molecule has 0 aromatic heterocycles. The fourth-order valence-corrected chi connectivity index (χ4v) is 3.45. The number of rotatable bonds is 4. The lowest BCUT2D eigenvalue weighted by Crippen LogP contribution is -2.54. The minimum Gasteiger partial charge on any atom is -0.392 e. The molecule has 4 nitrogen and oxygen atoms in total. The zero-order valence-corrected chi connectivity index (χ0v) is 14.5. The first kappa shape index (κ1) is 16.4. The Morgan fingerprint density at radius 1 is 1.33 bits per heavy atom. The number of amides is 1. The Morgan fingerprint density at radius 2 is 1.95 bits per heavy atom. The highest BCUT2D eigenvalue weighted by molar-refractivity contribution is 9.10. The highest BCUT2D eigenvalue weighted by atomic mass is 79.9. The minimum absolute atomic E-state index is 0.0745. The molecule has 1 aliphatic rings. The molecule has 114 valence electrons. The van der Waals surface area contributed by atoms with Gasteiger partial charge in [0, 0.05) is 30.7 Å². The van der Waals surface area contributed by atoms with Gasteiger partial charge < -0.3 is 10.6 Å². The molecule has 0 bridgehead atoms. The van der Waals surface area contributed by atoms with Crippen LogP contribution in [0.2, 0.25) is 0 Å². The summed E-state index contributed by atoms with van der Waals surface area (Å²) in [4.78, 5) is 17.2. The molecule has 2 rings (SSSR count). The van der Waals surface area contributed by atoms with Crippen molar-refractivity contribution in [2.24, 2.45) is 5.73 Å². The molecule has 2 N–H and O–H groups in total. The SMILES string of the molecule is CCC(C(N)=S)N1CCN(C(=O)c2ccccc2Br)CC1. The molecule has 21 heavy (non-hydrogen) atoms. The second-order valence-electron chi connectivity index (χ2n) is 5.13. The number of piperazine rings is 1. The van der Waals surface area contributed by atoms with E-state index in [1.54, 1.807) is 0 Å². The van der Waals surface area contributed by atoms with Gasteiger partial charge in [0.25, 0.3) is 5.91 Å². The third-order valence-corrected chi connectivity index (χ3v) is 4.83. The number of benzene rings is 1. The molecule has 1 amide bonds. The Balaban J connectivity index is 2.00. The Hall–Kier alpha value is -0.980. The molecule has 0 spiro atoms. The summed E-state index contributed by atoms with van der Waals surface area (Å²) >= 11 is 8.56. The standard InChI is InChI=1S/C15H20BrN3OS/c1-2-13(14(17)21)18-7-9-19(10-8-18)15(20)11-5-3-4-6-12(11)16/h3-6,13H,2,7-10H2,1H3,(H2,17,21). The quantitative estimate of drug-likeness (QED) is 0.827. The third-order valence-electron chi connectivity index (χ3n) is 3.86. The lowest BCUT2D eigenvalue weighted by Gasteiger charge is -2.38. The molecular weight excluding hydrogens is 350 g/mol. The highest BCUT2D eigenvalue weighted by Crippen LogP contribution is 2.19. The van der Waals surface area contributed by atoms with E-state index in [9.17, 15) is 4.79 Å². The van der Waals surface area contributed by atoms with Crippen LogP contribution in [-0.2, 0) is 0 Å². The lowest BCUT2D eigenvalue weighted by atomic mass is 10.1. The lowest BCUT2D eigenvalue weighted by molar-refractivity contribution is 0.0611. The van der Waals surface area contributed by atoms with Gasteiger partial charge in [0.1, 0.15) is 0 Å². The van der Waals surface area contributed by atoms with Crippen LogP contribution in [0.3, 0.4) is 0 Å². The average molecular weight is 370 g/mol. The van der Waals surface area contributed by atoms with Crippen molar-refractivity contribution in [1.82, 2.24) is 9.80 Å². The van der Waals surface area contributed by atoms with Crippen LogP contribution in [0.15, 0.2) is 28.7 Å². The largest absolute Gasteiger partial charge is 0.392 e. The maximum atomic E-state index is 12.5. The molecule has 1 heterocycles. The van der Waals surface area contributed by atoms with Gasteiger partial charge in [-0.15, -0.1) is 0 Å². The van der Waals surface area contributed by atoms with Gasteiger partial charge in [0.2, 0.25) is 0 Å². The van der Waals surface area contributed by atoms with Crippen LogP contribution in [0.1, 0.15) is 23.7 Å². The zero-order chi connectivity index (χ0) is 15.4. The first-order valence-electron chi connectivity index (χ1n) is 7.11. The van der Waals surface area contributed by atoms with Gasteiger partial charge in [-0.1, -0.05) is 31.3 Å². The highest BCUT2D eigenvalue weighted by Gasteiger charge is 2.27. The first-order chi connectivity index (χ1) is 10.0. The molecule has 0 radical (unpaired) electrons. The molecule has 1 saturated heterocycles.